The number of carbonyl (C=O) groups excluding carboxylic acids is 1. The van der Waals surface area contributed by atoms with Gasteiger partial charge in [0, 0.05) is 17.6 Å². The summed E-state index contributed by atoms with van der Waals surface area (Å²) in [7, 11) is 0. The highest BCUT2D eigenvalue weighted by atomic mass is 127. The van der Waals surface area contributed by atoms with Gasteiger partial charge in [-0.3, -0.25) is 9.59 Å². The molecule has 4 nitrogen and oxygen atoms in total. The molecule has 1 unspecified atom stereocenters. The third-order valence-electron chi connectivity index (χ3n) is 2.31. The van der Waals surface area contributed by atoms with Crippen LogP contribution in [0.2, 0.25) is 0 Å². The average Bonchev–Trinajstić information content (AvgIpc) is 2.23. The van der Waals surface area contributed by atoms with Gasteiger partial charge in [0.25, 0.3) is 0 Å². The Morgan fingerprint density at radius 3 is 2.28 bits per heavy atom. The van der Waals surface area contributed by atoms with Gasteiger partial charge in [0.05, 0.1) is 11.6 Å². The van der Waals surface area contributed by atoms with Gasteiger partial charge in [-0.1, -0.05) is 0 Å². The maximum absolute atomic E-state index is 11.2. The fourth-order valence-corrected chi connectivity index (χ4v) is 5.99. The Balaban J connectivity index is 3.44. The molecule has 0 saturated heterocycles. The van der Waals surface area contributed by atoms with Crippen LogP contribution in [0, 0.1) is 10.7 Å². The van der Waals surface area contributed by atoms with Crippen molar-refractivity contribution in [1.82, 2.24) is 0 Å². The first kappa shape index (κ1) is 16.4. The molecule has 0 heterocycles. The molecule has 0 aliphatic rings. The Morgan fingerprint density at radius 1 is 1.28 bits per heavy atom. The Bertz CT molecular complexity index is 517. The molecule has 1 atom stereocenters. The highest BCUT2D eigenvalue weighted by Crippen LogP contribution is 2.35. The van der Waals surface area contributed by atoms with Crippen molar-refractivity contribution >= 4 is 85.3 Å². The zero-order valence-electron chi connectivity index (χ0n) is 9.55. The van der Waals surface area contributed by atoms with E-state index >= 15 is 0 Å². The maximum Gasteiger partial charge on any atom is 0.310 e. The number of halogens is 3. The van der Waals surface area contributed by atoms with E-state index in [1.165, 1.54) is 6.92 Å². The second-order valence-electron chi connectivity index (χ2n) is 3.68. The lowest BCUT2D eigenvalue weighted by molar-refractivity contribution is -0.138. The molecule has 0 fully saturated rings. The molecule has 0 radical (unpaired) electrons. The van der Waals surface area contributed by atoms with Crippen LogP contribution in [0.3, 0.4) is 0 Å². The fourth-order valence-electron chi connectivity index (χ4n) is 1.42. The monoisotopic (exact) mass is 585 g/mol. The van der Waals surface area contributed by atoms with Gasteiger partial charge in [0.1, 0.15) is 0 Å². The fraction of sp³-hybridized carbons (Fsp3) is 0.273. The van der Waals surface area contributed by atoms with E-state index in [0.29, 0.717) is 5.69 Å². The Morgan fingerprint density at radius 2 is 1.83 bits per heavy atom. The standard InChI is InChI=1S/C11H10I3NO3/c1-4(11(17)18)8-6(12)3-7(13)10(9(8)14)15-5(2)16/h3-4H,1-2H3,(H,15,16)(H,17,18). The number of hydrogen-bond acceptors (Lipinski definition) is 2. The van der Waals surface area contributed by atoms with Crippen molar-refractivity contribution in [2.24, 2.45) is 0 Å². The molecule has 1 aromatic carbocycles. The topological polar surface area (TPSA) is 66.4 Å². The van der Waals surface area contributed by atoms with Crippen molar-refractivity contribution in [2.75, 3.05) is 5.32 Å². The lowest BCUT2D eigenvalue weighted by atomic mass is 10.0. The SMILES string of the molecule is CC(=O)Nc1c(I)cc(I)c(C(C)C(=O)O)c1I. The second kappa shape index (κ2) is 6.68. The number of carboxylic acids is 1. The summed E-state index contributed by atoms with van der Waals surface area (Å²) in [6.45, 7) is 3.08. The highest BCUT2D eigenvalue weighted by molar-refractivity contribution is 14.1. The van der Waals surface area contributed by atoms with Crippen LogP contribution in [0.25, 0.3) is 0 Å². The number of anilines is 1. The molecule has 0 aromatic heterocycles. The van der Waals surface area contributed by atoms with Crippen molar-refractivity contribution in [3.8, 4) is 0 Å². The van der Waals surface area contributed by atoms with E-state index in [1.807, 2.05) is 6.07 Å². The van der Waals surface area contributed by atoms with E-state index in [4.69, 9.17) is 5.11 Å². The summed E-state index contributed by atoms with van der Waals surface area (Å²) in [4.78, 5) is 22.3. The molecule has 1 rings (SSSR count). The van der Waals surface area contributed by atoms with Gasteiger partial charge in [-0.25, -0.2) is 0 Å². The summed E-state index contributed by atoms with van der Waals surface area (Å²) in [5, 5.41) is 11.9. The minimum absolute atomic E-state index is 0.166. The van der Waals surface area contributed by atoms with Gasteiger partial charge < -0.3 is 10.4 Å². The van der Waals surface area contributed by atoms with E-state index in [2.05, 4.69) is 73.1 Å². The zero-order valence-corrected chi connectivity index (χ0v) is 16.0. The third kappa shape index (κ3) is 3.68. The van der Waals surface area contributed by atoms with Gasteiger partial charge >= 0.3 is 5.97 Å². The van der Waals surface area contributed by atoms with Crippen LogP contribution >= 0.6 is 67.8 Å². The van der Waals surface area contributed by atoms with Gasteiger partial charge in [-0.2, -0.15) is 0 Å². The van der Waals surface area contributed by atoms with Crippen molar-refractivity contribution in [2.45, 2.75) is 19.8 Å². The number of aliphatic carboxylic acids is 1. The largest absolute Gasteiger partial charge is 0.481 e. The Hall–Kier alpha value is 0.350. The number of carbonyl (C=O) groups is 2. The van der Waals surface area contributed by atoms with Crippen LogP contribution in [-0.2, 0) is 9.59 Å². The number of rotatable bonds is 3. The third-order valence-corrected chi connectivity index (χ3v) is 5.17. The highest BCUT2D eigenvalue weighted by Gasteiger charge is 2.23. The smallest absolute Gasteiger partial charge is 0.310 e. The Labute approximate surface area is 146 Å². The normalized spacial score (nSPS) is 12.1. The summed E-state index contributed by atoms with van der Waals surface area (Å²) in [6.07, 6.45) is 0. The maximum atomic E-state index is 11.2. The second-order valence-corrected chi connectivity index (χ2v) is 7.09. The number of nitrogens with one attached hydrogen (secondary N) is 1. The number of carboxylic acid groups (broad SMARTS) is 1. The van der Waals surface area contributed by atoms with E-state index in [1.54, 1.807) is 6.92 Å². The van der Waals surface area contributed by atoms with Crippen LogP contribution in [0.1, 0.15) is 25.3 Å². The van der Waals surface area contributed by atoms with Crippen LogP contribution < -0.4 is 5.32 Å². The summed E-state index contributed by atoms with van der Waals surface area (Å²) in [5.74, 6) is -1.64. The van der Waals surface area contributed by atoms with Gasteiger partial charge in [-0.05, 0) is 86.3 Å². The van der Waals surface area contributed by atoms with E-state index < -0.39 is 11.9 Å². The predicted octanol–water partition coefficient (Wildman–Crippen LogP) is 3.65. The minimum Gasteiger partial charge on any atom is -0.481 e. The quantitative estimate of drug-likeness (QED) is 0.534. The van der Waals surface area contributed by atoms with Crippen LogP contribution in [0.4, 0.5) is 5.69 Å². The number of hydrogen-bond donors (Lipinski definition) is 2. The van der Waals surface area contributed by atoms with Crippen LogP contribution in [0.5, 0.6) is 0 Å². The molecule has 98 valence electrons. The molecule has 0 saturated carbocycles. The first-order chi connectivity index (χ1) is 8.25. The van der Waals surface area contributed by atoms with Crippen LogP contribution in [-0.4, -0.2) is 17.0 Å². The molecular formula is C11H10I3NO3. The van der Waals surface area contributed by atoms with E-state index in [0.717, 1.165) is 16.3 Å². The van der Waals surface area contributed by atoms with Crippen molar-refractivity contribution < 1.29 is 14.7 Å². The van der Waals surface area contributed by atoms with Crippen molar-refractivity contribution in [3.63, 3.8) is 0 Å². The molecule has 0 bridgehead atoms. The summed E-state index contributed by atoms with van der Waals surface area (Å²) < 4.78 is 2.58. The van der Waals surface area contributed by atoms with Crippen molar-refractivity contribution in [1.29, 1.82) is 0 Å². The minimum atomic E-state index is -0.874. The first-order valence-corrected chi connectivity index (χ1v) is 8.17. The lowest BCUT2D eigenvalue weighted by Crippen LogP contribution is -2.15. The zero-order chi connectivity index (χ0) is 14.0. The summed E-state index contributed by atoms with van der Waals surface area (Å²) in [6, 6.07) is 1.88. The lowest BCUT2D eigenvalue weighted by Gasteiger charge is -2.17. The van der Waals surface area contributed by atoms with E-state index in [-0.39, 0.29) is 5.91 Å². The van der Waals surface area contributed by atoms with Crippen molar-refractivity contribution in [3.05, 3.63) is 22.3 Å². The average molecular weight is 585 g/mol. The number of amides is 1. The molecule has 1 amide bonds. The molecule has 2 N–H and O–H groups in total. The van der Waals surface area contributed by atoms with Gasteiger partial charge in [-0.15, -0.1) is 0 Å². The Kier molecular flexibility index (Phi) is 6.09. The molecule has 0 aliphatic carbocycles. The summed E-state index contributed by atoms with van der Waals surface area (Å²) in [5.41, 5.74) is 1.43. The van der Waals surface area contributed by atoms with Gasteiger partial charge in [0.2, 0.25) is 5.91 Å². The molecule has 0 spiro atoms. The molecule has 18 heavy (non-hydrogen) atoms. The van der Waals surface area contributed by atoms with Crippen LogP contribution in [0.15, 0.2) is 6.07 Å². The molecule has 7 heteroatoms. The molecule has 1 aromatic rings. The molecule has 0 aliphatic heterocycles. The first-order valence-electron chi connectivity index (χ1n) is 4.93. The number of benzene rings is 1. The molecular weight excluding hydrogens is 575 g/mol. The van der Waals surface area contributed by atoms with E-state index in [9.17, 15) is 9.59 Å². The van der Waals surface area contributed by atoms with Gasteiger partial charge in [0.15, 0.2) is 0 Å². The predicted molar refractivity (Wildman–Crippen MR) is 94.9 cm³/mol. The summed E-state index contributed by atoms with van der Waals surface area (Å²) >= 11 is 6.34.